The molecule has 0 spiro atoms. The smallest absolute Gasteiger partial charge is 0.168 e. The van der Waals surface area contributed by atoms with Crippen LogP contribution in [-0.2, 0) is 12.8 Å². The highest BCUT2D eigenvalue weighted by Gasteiger charge is 2.22. The highest BCUT2D eigenvalue weighted by Crippen LogP contribution is 2.35. The van der Waals surface area contributed by atoms with Crippen LogP contribution < -0.4 is 0 Å². The Morgan fingerprint density at radius 2 is 1.39 bits per heavy atom. The Kier molecular flexibility index (Phi) is 10.8. The number of hydrogen-bond donors (Lipinski definition) is 0. The molecule has 0 radical (unpaired) electrons. The SMILES string of the molecule is CCCCCCC1CCC(CCc2ccc(-c3ccc(CCCCC)nn3)c(F)c2F)CC1. The van der Waals surface area contributed by atoms with Gasteiger partial charge in [-0.2, -0.15) is 10.2 Å². The first-order valence-corrected chi connectivity index (χ1v) is 13.4. The van der Waals surface area contributed by atoms with Crippen molar-refractivity contribution in [2.75, 3.05) is 0 Å². The zero-order valence-electron chi connectivity index (χ0n) is 20.7. The molecule has 1 saturated carbocycles. The largest absolute Gasteiger partial charge is 0.203 e. The summed E-state index contributed by atoms with van der Waals surface area (Å²) < 4.78 is 29.7. The third kappa shape index (κ3) is 7.86. The number of benzene rings is 1. The maximum atomic E-state index is 14.8. The molecule has 0 N–H and O–H groups in total. The van der Waals surface area contributed by atoms with E-state index < -0.39 is 11.6 Å². The predicted octanol–water partition coefficient (Wildman–Crippen LogP) is 8.86. The fourth-order valence-corrected chi connectivity index (χ4v) is 5.20. The Hall–Kier alpha value is -1.84. The second kappa shape index (κ2) is 13.8. The molecule has 0 unspecified atom stereocenters. The van der Waals surface area contributed by atoms with Gasteiger partial charge in [0.2, 0.25) is 0 Å². The minimum absolute atomic E-state index is 0.201. The van der Waals surface area contributed by atoms with Crippen molar-refractivity contribution in [2.24, 2.45) is 11.8 Å². The lowest BCUT2D eigenvalue weighted by atomic mass is 9.77. The van der Waals surface area contributed by atoms with E-state index in [1.807, 2.05) is 6.07 Å². The molecule has 0 saturated heterocycles. The first kappa shape index (κ1) is 25.8. The topological polar surface area (TPSA) is 25.8 Å². The van der Waals surface area contributed by atoms with Gasteiger partial charge in [-0.3, -0.25) is 0 Å². The molecule has 0 atom stereocenters. The van der Waals surface area contributed by atoms with Crippen LogP contribution in [0.3, 0.4) is 0 Å². The highest BCUT2D eigenvalue weighted by molar-refractivity contribution is 5.60. The summed E-state index contributed by atoms with van der Waals surface area (Å²) in [5, 5.41) is 8.37. The zero-order chi connectivity index (χ0) is 23.5. The van der Waals surface area contributed by atoms with Crippen LogP contribution in [0.5, 0.6) is 0 Å². The van der Waals surface area contributed by atoms with Gasteiger partial charge in [-0.15, -0.1) is 0 Å². The summed E-state index contributed by atoms with van der Waals surface area (Å²) >= 11 is 0. The van der Waals surface area contributed by atoms with Crippen LogP contribution in [0.25, 0.3) is 11.3 Å². The first-order chi connectivity index (χ1) is 16.1. The second-order valence-electron chi connectivity index (χ2n) is 10.0. The van der Waals surface area contributed by atoms with E-state index in [2.05, 4.69) is 24.0 Å². The van der Waals surface area contributed by atoms with Gasteiger partial charge in [0, 0.05) is 5.56 Å². The first-order valence-electron chi connectivity index (χ1n) is 13.4. The lowest BCUT2D eigenvalue weighted by molar-refractivity contribution is 0.248. The van der Waals surface area contributed by atoms with E-state index in [1.165, 1.54) is 57.8 Å². The van der Waals surface area contributed by atoms with Crippen LogP contribution in [0.2, 0.25) is 0 Å². The van der Waals surface area contributed by atoms with Crippen LogP contribution in [-0.4, -0.2) is 10.2 Å². The van der Waals surface area contributed by atoms with Crippen LogP contribution in [0.1, 0.15) is 109 Å². The number of aromatic nitrogens is 2. The van der Waals surface area contributed by atoms with Gasteiger partial charge in [0.25, 0.3) is 0 Å². The van der Waals surface area contributed by atoms with E-state index in [4.69, 9.17) is 0 Å². The molecular formula is C29H42F2N2. The van der Waals surface area contributed by atoms with Crippen molar-refractivity contribution in [2.45, 2.75) is 110 Å². The van der Waals surface area contributed by atoms with Crippen LogP contribution in [0, 0.1) is 23.5 Å². The maximum Gasteiger partial charge on any atom is 0.168 e. The summed E-state index contributed by atoms with van der Waals surface area (Å²) in [6.07, 6.45) is 17.7. The molecule has 2 aromatic rings. The molecular weight excluding hydrogens is 414 g/mol. The highest BCUT2D eigenvalue weighted by atomic mass is 19.2. The monoisotopic (exact) mass is 456 g/mol. The second-order valence-corrected chi connectivity index (χ2v) is 10.0. The van der Waals surface area contributed by atoms with Crippen molar-refractivity contribution in [3.8, 4) is 11.3 Å². The Labute approximate surface area is 199 Å². The van der Waals surface area contributed by atoms with E-state index in [0.29, 0.717) is 23.6 Å². The summed E-state index contributed by atoms with van der Waals surface area (Å²) in [5.41, 5.74) is 1.99. The van der Waals surface area contributed by atoms with Gasteiger partial charge in [-0.05, 0) is 61.3 Å². The molecule has 0 amide bonds. The van der Waals surface area contributed by atoms with Gasteiger partial charge in [-0.25, -0.2) is 8.78 Å². The molecule has 0 aliphatic heterocycles. The van der Waals surface area contributed by atoms with E-state index >= 15 is 0 Å². The molecule has 1 aliphatic carbocycles. The minimum Gasteiger partial charge on any atom is -0.203 e. The van der Waals surface area contributed by atoms with Crippen LogP contribution in [0.15, 0.2) is 24.3 Å². The molecule has 1 heterocycles. The summed E-state index contributed by atoms with van der Waals surface area (Å²) in [4.78, 5) is 0. The number of aryl methyl sites for hydroxylation is 2. The molecule has 182 valence electrons. The van der Waals surface area contributed by atoms with E-state index in [1.54, 1.807) is 18.2 Å². The third-order valence-electron chi connectivity index (χ3n) is 7.45. The van der Waals surface area contributed by atoms with E-state index in [0.717, 1.165) is 43.7 Å². The Balaban J connectivity index is 1.49. The molecule has 4 heteroatoms. The number of unbranched alkanes of at least 4 members (excludes halogenated alkanes) is 5. The van der Waals surface area contributed by atoms with Gasteiger partial charge < -0.3 is 0 Å². The van der Waals surface area contributed by atoms with Gasteiger partial charge in [0.1, 0.15) is 0 Å². The molecule has 1 fully saturated rings. The quantitative estimate of drug-likeness (QED) is 0.281. The van der Waals surface area contributed by atoms with Gasteiger partial charge in [0.05, 0.1) is 11.4 Å². The average molecular weight is 457 g/mol. The van der Waals surface area contributed by atoms with Crippen molar-refractivity contribution in [1.29, 1.82) is 0 Å². The molecule has 3 rings (SSSR count). The average Bonchev–Trinajstić information content (AvgIpc) is 2.84. The molecule has 33 heavy (non-hydrogen) atoms. The van der Waals surface area contributed by atoms with E-state index in [9.17, 15) is 8.78 Å². The predicted molar refractivity (Wildman–Crippen MR) is 133 cm³/mol. The third-order valence-corrected chi connectivity index (χ3v) is 7.45. The molecule has 1 aromatic carbocycles. The van der Waals surface area contributed by atoms with Crippen LogP contribution in [0.4, 0.5) is 8.78 Å². The molecule has 1 aromatic heterocycles. The molecule has 0 bridgehead atoms. The lowest BCUT2D eigenvalue weighted by Crippen LogP contribution is -2.15. The van der Waals surface area contributed by atoms with Crippen molar-refractivity contribution in [3.05, 3.63) is 47.2 Å². The van der Waals surface area contributed by atoms with Crippen molar-refractivity contribution >= 4 is 0 Å². The minimum atomic E-state index is -0.795. The van der Waals surface area contributed by atoms with Crippen molar-refractivity contribution < 1.29 is 8.78 Å². The zero-order valence-corrected chi connectivity index (χ0v) is 20.7. The molecule has 1 aliphatic rings. The fraction of sp³-hybridized carbons (Fsp3) is 0.655. The van der Waals surface area contributed by atoms with Gasteiger partial charge in [0.15, 0.2) is 11.6 Å². The summed E-state index contributed by atoms with van der Waals surface area (Å²) in [6.45, 7) is 4.42. The lowest BCUT2D eigenvalue weighted by Gasteiger charge is -2.28. The van der Waals surface area contributed by atoms with Gasteiger partial charge in [-0.1, -0.05) is 90.5 Å². The fourth-order valence-electron chi connectivity index (χ4n) is 5.20. The number of rotatable bonds is 13. The normalized spacial score (nSPS) is 18.5. The Bertz CT molecular complexity index is 826. The van der Waals surface area contributed by atoms with Crippen LogP contribution >= 0.6 is 0 Å². The summed E-state index contributed by atoms with van der Waals surface area (Å²) in [5.74, 6) is 0.0121. The maximum absolute atomic E-state index is 14.8. The Morgan fingerprint density at radius 3 is 2.06 bits per heavy atom. The summed E-state index contributed by atoms with van der Waals surface area (Å²) in [6, 6.07) is 7.04. The van der Waals surface area contributed by atoms with Crippen molar-refractivity contribution in [1.82, 2.24) is 10.2 Å². The number of nitrogens with zero attached hydrogens (tertiary/aromatic N) is 2. The molecule has 2 nitrogen and oxygen atoms in total. The summed E-state index contributed by atoms with van der Waals surface area (Å²) in [7, 11) is 0. The van der Waals surface area contributed by atoms with E-state index in [-0.39, 0.29) is 5.56 Å². The number of hydrogen-bond acceptors (Lipinski definition) is 2. The van der Waals surface area contributed by atoms with Crippen molar-refractivity contribution in [3.63, 3.8) is 0 Å². The number of halogens is 2. The standard InChI is InChI=1S/C29H42F2N2/c1-3-5-7-9-10-22-12-14-23(15-13-22)16-17-24-18-20-26(29(31)28(24)30)27-21-19-25(32-33-27)11-8-6-4-2/h18-23H,3-17H2,1-2H3. The van der Waals surface area contributed by atoms with Gasteiger partial charge >= 0.3 is 0 Å². The Morgan fingerprint density at radius 1 is 0.697 bits per heavy atom.